The van der Waals surface area contributed by atoms with Crippen molar-refractivity contribution in [3.8, 4) is 0 Å². The van der Waals surface area contributed by atoms with Crippen LogP contribution in [-0.4, -0.2) is 24.0 Å². The maximum absolute atomic E-state index is 2.70. The van der Waals surface area contributed by atoms with Crippen molar-refractivity contribution in [2.75, 3.05) is 13.1 Å². The maximum atomic E-state index is 2.70. The molecule has 0 amide bonds. The molecule has 0 N–H and O–H groups in total. The molecule has 0 aliphatic heterocycles. The van der Waals surface area contributed by atoms with Crippen LogP contribution in [0.3, 0.4) is 0 Å². The number of benzene rings is 1. The van der Waals surface area contributed by atoms with Crippen molar-refractivity contribution in [2.45, 2.75) is 52.0 Å². The Kier molecular flexibility index (Phi) is 4.61. The summed E-state index contributed by atoms with van der Waals surface area (Å²) in [5.74, 6) is 0. The molecule has 1 aliphatic carbocycles. The van der Waals surface area contributed by atoms with Gasteiger partial charge < -0.3 is 4.90 Å². The van der Waals surface area contributed by atoms with Crippen molar-refractivity contribution in [3.63, 3.8) is 0 Å². The lowest BCUT2D eigenvalue weighted by Gasteiger charge is -2.35. The Labute approximate surface area is 106 Å². The number of nitrogens with zero attached hydrogens (tertiary/aromatic N) is 1. The van der Waals surface area contributed by atoms with Crippen LogP contribution in [0.1, 0.15) is 44.2 Å². The first kappa shape index (κ1) is 12.6. The summed E-state index contributed by atoms with van der Waals surface area (Å²) in [5.41, 5.74) is 3.16. The predicted octanol–water partition coefficient (Wildman–Crippen LogP) is 3.67. The summed E-state index contributed by atoms with van der Waals surface area (Å²) in [7, 11) is 0. The van der Waals surface area contributed by atoms with Gasteiger partial charge in [-0.1, -0.05) is 38.1 Å². The van der Waals surface area contributed by atoms with Gasteiger partial charge in [-0.2, -0.15) is 0 Å². The lowest BCUT2D eigenvalue weighted by molar-refractivity contribution is 0.180. The Hall–Kier alpha value is -0.820. The fraction of sp³-hybridized carbons (Fsp3) is 0.625. The Morgan fingerprint density at radius 1 is 1.06 bits per heavy atom. The smallest absolute Gasteiger partial charge is 0.0139 e. The molecule has 0 saturated heterocycles. The summed E-state index contributed by atoms with van der Waals surface area (Å²) in [4.78, 5) is 2.70. The summed E-state index contributed by atoms with van der Waals surface area (Å²) >= 11 is 0. The van der Waals surface area contributed by atoms with Crippen molar-refractivity contribution in [1.29, 1.82) is 0 Å². The normalized spacial score (nSPS) is 19.4. The minimum Gasteiger partial charge on any atom is -0.300 e. The number of rotatable bonds is 5. The van der Waals surface area contributed by atoms with E-state index >= 15 is 0 Å². The Balaban J connectivity index is 2.04. The second-order valence-electron chi connectivity index (χ2n) is 5.20. The van der Waals surface area contributed by atoms with Gasteiger partial charge in [-0.3, -0.25) is 0 Å². The van der Waals surface area contributed by atoms with Crippen LogP contribution in [0.15, 0.2) is 24.3 Å². The molecule has 0 aromatic heterocycles. The van der Waals surface area contributed by atoms with Gasteiger partial charge in [0, 0.05) is 6.04 Å². The molecule has 1 heteroatoms. The van der Waals surface area contributed by atoms with E-state index in [1.165, 1.54) is 45.2 Å². The van der Waals surface area contributed by atoms with E-state index in [0.29, 0.717) is 0 Å². The fourth-order valence-electron chi connectivity index (χ4n) is 3.04. The highest BCUT2D eigenvalue weighted by molar-refractivity contribution is 5.30. The third-order valence-electron chi connectivity index (χ3n) is 3.86. The molecule has 0 saturated carbocycles. The van der Waals surface area contributed by atoms with Crippen molar-refractivity contribution < 1.29 is 0 Å². The second kappa shape index (κ2) is 6.20. The zero-order valence-electron chi connectivity index (χ0n) is 11.3. The predicted molar refractivity (Wildman–Crippen MR) is 74.4 cm³/mol. The van der Waals surface area contributed by atoms with Crippen LogP contribution in [-0.2, 0) is 12.8 Å². The monoisotopic (exact) mass is 231 g/mol. The topological polar surface area (TPSA) is 3.24 Å². The van der Waals surface area contributed by atoms with Gasteiger partial charge in [0.15, 0.2) is 0 Å². The molecule has 0 radical (unpaired) electrons. The summed E-state index contributed by atoms with van der Waals surface area (Å²) in [5, 5.41) is 0. The van der Waals surface area contributed by atoms with E-state index < -0.39 is 0 Å². The summed E-state index contributed by atoms with van der Waals surface area (Å²) in [6.07, 6.45) is 6.42. The molecule has 1 aliphatic rings. The highest BCUT2D eigenvalue weighted by Gasteiger charge is 2.22. The van der Waals surface area contributed by atoms with Crippen LogP contribution in [0.2, 0.25) is 0 Å². The SMILES string of the molecule is CCCN(CCC)[C@H]1CCc2ccccc2C1. The summed E-state index contributed by atoms with van der Waals surface area (Å²) in [6.45, 7) is 7.11. The zero-order valence-corrected chi connectivity index (χ0v) is 11.3. The highest BCUT2D eigenvalue weighted by atomic mass is 15.1. The van der Waals surface area contributed by atoms with Crippen LogP contribution in [0.25, 0.3) is 0 Å². The molecule has 1 nitrogen and oxygen atoms in total. The number of fused-ring (bicyclic) bond motifs is 1. The minimum atomic E-state index is 0.782. The van der Waals surface area contributed by atoms with Crippen LogP contribution < -0.4 is 0 Å². The van der Waals surface area contributed by atoms with Crippen molar-refractivity contribution in [3.05, 3.63) is 35.4 Å². The Morgan fingerprint density at radius 3 is 2.35 bits per heavy atom. The number of hydrogen-bond acceptors (Lipinski definition) is 1. The zero-order chi connectivity index (χ0) is 12.1. The van der Waals surface area contributed by atoms with Gasteiger partial charge in [0.05, 0.1) is 0 Å². The van der Waals surface area contributed by atoms with Crippen LogP contribution in [0.4, 0.5) is 0 Å². The molecule has 0 heterocycles. The lowest BCUT2D eigenvalue weighted by atomic mass is 9.87. The van der Waals surface area contributed by atoms with Crippen LogP contribution in [0, 0.1) is 0 Å². The summed E-state index contributed by atoms with van der Waals surface area (Å²) in [6, 6.07) is 9.76. The first-order valence-corrected chi connectivity index (χ1v) is 7.16. The van der Waals surface area contributed by atoms with E-state index in [0.717, 1.165) is 6.04 Å². The Morgan fingerprint density at radius 2 is 1.71 bits per heavy atom. The molecule has 0 fully saturated rings. The number of hydrogen-bond donors (Lipinski definition) is 0. The molecule has 1 atom stereocenters. The lowest BCUT2D eigenvalue weighted by Crippen LogP contribution is -2.40. The number of aryl methyl sites for hydroxylation is 1. The van der Waals surface area contributed by atoms with E-state index in [9.17, 15) is 0 Å². The minimum absolute atomic E-state index is 0.782. The van der Waals surface area contributed by atoms with Gasteiger partial charge in [-0.15, -0.1) is 0 Å². The molecule has 2 rings (SSSR count). The molecule has 1 aromatic carbocycles. The van der Waals surface area contributed by atoms with E-state index in [1.807, 2.05) is 0 Å². The molecular weight excluding hydrogens is 206 g/mol. The van der Waals surface area contributed by atoms with Gasteiger partial charge in [0.2, 0.25) is 0 Å². The fourth-order valence-corrected chi connectivity index (χ4v) is 3.04. The average molecular weight is 231 g/mol. The molecule has 0 unspecified atom stereocenters. The largest absolute Gasteiger partial charge is 0.300 e. The van der Waals surface area contributed by atoms with Crippen LogP contribution in [0.5, 0.6) is 0 Å². The molecular formula is C16H25N. The third kappa shape index (κ3) is 3.10. The van der Waals surface area contributed by atoms with Crippen molar-refractivity contribution >= 4 is 0 Å². The highest BCUT2D eigenvalue weighted by Crippen LogP contribution is 2.24. The van der Waals surface area contributed by atoms with E-state index in [-0.39, 0.29) is 0 Å². The van der Waals surface area contributed by atoms with Crippen LogP contribution >= 0.6 is 0 Å². The second-order valence-corrected chi connectivity index (χ2v) is 5.20. The van der Waals surface area contributed by atoms with E-state index in [1.54, 1.807) is 11.1 Å². The van der Waals surface area contributed by atoms with Gasteiger partial charge in [0.1, 0.15) is 0 Å². The molecule has 94 valence electrons. The summed E-state index contributed by atoms with van der Waals surface area (Å²) < 4.78 is 0. The van der Waals surface area contributed by atoms with Gasteiger partial charge in [-0.05, 0) is 56.3 Å². The molecule has 0 spiro atoms. The Bertz CT molecular complexity index is 339. The van der Waals surface area contributed by atoms with Gasteiger partial charge >= 0.3 is 0 Å². The molecule has 17 heavy (non-hydrogen) atoms. The maximum Gasteiger partial charge on any atom is 0.0139 e. The first-order valence-electron chi connectivity index (χ1n) is 7.16. The molecule has 1 aromatic rings. The average Bonchev–Trinajstić information content (AvgIpc) is 2.38. The molecule has 0 bridgehead atoms. The van der Waals surface area contributed by atoms with Crippen molar-refractivity contribution in [2.24, 2.45) is 0 Å². The van der Waals surface area contributed by atoms with Gasteiger partial charge in [0.25, 0.3) is 0 Å². The standard InChI is InChI=1S/C16H25N/c1-3-11-17(12-4-2)16-10-9-14-7-5-6-8-15(14)13-16/h5-8,16H,3-4,9-13H2,1-2H3/t16-/m0/s1. The first-order chi connectivity index (χ1) is 8.35. The van der Waals surface area contributed by atoms with E-state index in [4.69, 9.17) is 0 Å². The third-order valence-corrected chi connectivity index (χ3v) is 3.86. The quantitative estimate of drug-likeness (QED) is 0.747. The van der Waals surface area contributed by atoms with Crippen molar-refractivity contribution in [1.82, 2.24) is 4.90 Å². The van der Waals surface area contributed by atoms with E-state index in [2.05, 4.69) is 43.0 Å². The van der Waals surface area contributed by atoms with Gasteiger partial charge in [-0.25, -0.2) is 0 Å².